The summed E-state index contributed by atoms with van der Waals surface area (Å²) in [6.45, 7) is 2.40. The number of hydrogen-bond donors (Lipinski definition) is 1. The fourth-order valence-corrected chi connectivity index (χ4v) is 3.02. The van der Waals surface area contributed by atoms with Crippen molar-refractivity contribution in [3.8, 4) is 0 Å². The molecule has 0 amide bonds. The van der Waals surface area contributed by atoms with E-state index in [1.807, 2.05) is 30.5 Å². The molecule has 2 heterocycles. The van der Waals surface area contributed by atoms with Crippen molar-refractivity contribution in [1.82, 2.24) is 4.98 Å². The number of nitrogens with one attached hydrogen (secondary N) is 1. The molecule has 4 nitrogen and oxygen atoms in total. The summed E-state index contributed by atoms with van der Waals surface area (Å²) < 4.78 is 11.8. The van der Waals surface area contributed by atoms with Crippen LogP contribution in [0.1, 0.15) is 19.3 Å². The fourth-order valence-electron chi connectivity index (χ4n) is 3.02. The quantitative estimate of drug-likeness (QED) is 0.920. The maximum atomic E-state index is 6.15. The summed E-state index contributed by atoms with van der Waals surface area (Å²) in [5, 5.41) is 4.78. The molecule has 0 unspecified atom stereocenters. The molecule has 2 aliphatic rings. The fraction of sp³-hybridized carbons (Fsp3) is 0.500. The molecule has 116 valence electrons. The van der Waals surface area contributed by atoms with Gasteiger partial charge >= 0.3 is 0 Å². The van der Waals surface area contributed by atoms with Gasteiger partial charge in [-0.05, 0) is 37.3 Å². The first-order valence-electron chi connectivity index (χ1n) is 8.20. The van der Waals surface area contributed by atoms with E-state index >= 15 is 0 Å². The Kier molecular flexibility index (Phi) is 3.95. The predicted octanol–water partition coefficient (Wildman–Crippen LogP) is 3.23. The first-order chi connectivity index (χ1) is 10.9. The molecule has 2 aromatic rings. The second-order valence-electron chi connectivity index (χ2n) is 6.31. The molecule has 4 rings (SSSR count). The molecule has 1 saturated carbocycles. The zero-order valence-electron chi connectivity index (χ0n) is 12.7. The number of benzene rings is 1. The number of anilines is 1. The van der Waals surface area contributed by atoms with Crippen LogP contribution >= 0.6 is 0 Å². The highest BCUT2D eigenvalue weighted by atomic mass is 16.5. The Hall–Kier alpha value is -1.65. The third-order valence-electron chi connectivity index (χ3n) is 4.53. The van der Waals surface area contributed by atoms with Crippen LogP contribution in [-0.2, 0) is 9.47 Å². The van der Waals surface area contributed by atoms with Gasteiger partial charge in [-0.15, -0.1) is 0 Å². The van der Waals surface area contributed by atoms with Crippen LogP contribution in [-0.4, -0.2) is 37.0 Å². The van der Waals surface area contributed by atoms with Gasteiger partial charge in [0.1, 0.15) is 0 Å². The Balaban J connectivity index is 1.51. The standard InChI is InChI=1S/C18H22N2O2/c1-2-4-15-14(3-1)16(7-9-19-15)20-17-12-21-10-8-18(17)22-11-13-5-6-13/h1-4,7,9,13,17-18H,5-6,8,10-12H2,(H,19,20)/t17-,18+/m1/s1. The van der Waals surface area contributed by atoms with Gasteiger partial charge in [0.25, 0.3) is 0 Å². The Morgan fingerprint density at radius 1 is 1.18 bits per heavy atom. The molecule has 1 aromatic heterocycles. The zero-order valence-corrected chi connectivity index (χ0v) is 12.7. The van der Waals surface area contributed by atoms with Crippen LogP contribution in [0.25, 0.3) is 10.9 Å². The molecule has 1 aliphatic heterocycles. The lowest BCUT2D eigenvalue weighted by Crippen LogP contribution is -2.44. The molecule has 0 bridgehead atoms. The number of ether oxygens (including phenoxy) is 2. The average Bonchev–Trinajstić information content (AvgIpc) is 3.39. The summed E-state index contributed by atoms with van der Waals surface area (Å²) in [6.07, 6.45) is 5.72. The molecule has 0 radical (unpaired) electrons. The maximum Gasteiger partial charge on any atom is 0.0820 e. The monoisotopic (exact) mass is 298 g/mol. The molecule has 22 heavy (non-hydrogen) atoms. The van der Waals surface area contributed by atoms with Gasteiger partial charge in [0.05, 0.1) is 24.3 Å². The Morgan fingerprint density at radius 3 is 3.00 bits per heavy atom. The minimum atomic E-state index is 0.207. The lowest BCUT2D eigenvalue weighted by Gasteiger charge is -2.33. The summed E-state index contributed by atoms with van der Waals surface area (Å²) in [4.78, 5) is 4.42. The molecule has 4 heteroatoms. The summed E-state index contributed by atoms with van der Waals surface area (Å²) in [7, 11) is 0. The van der Waals surface area contributed by atoms with E-state index in [-0.39, 0.29) is 12.1 Å². The van der Waals surface area contributed by atoms with Gasteiger partial charge in [0.15, 0.2) is 0 Å². The average molecular weight is 298 g/mol. The van der Waals surface area contributed by atoms with Crippen molar-refractivity contribution in [2.24, 2.45) is 5.92 Å². The van der Waals surface area contributed by atoms with E-state index in [2.05, 4.69) is 16.4 Å². The Labute approximate surface area is 130 Å². The van der Waals surface area contributed by atoms with E-state index in [9.17, 15) is 0 Å². The van der Waals surface area contributed by atoms with Crippen molar-refractivity contribution in [3.63, 3.8) is 0 Å². The first kappa shape index (κ1) is 14.0. The van der Waals surface area contributed by atoms with Crippen molar-refractivity contribution in [2.45, 2.75) is 31.4 Å². The number of para-hydroxylation sites is 1. The third kappa shape index (κ3) is 3.08. The molecule has 1 N–H and O–H groups in total. The van der Waals surface area contributed by atoms with Crippen LogP contribution in [0.5, 0.6) is 0 Å². The van der Waals surface area contributed by atoms with Gasteiger partial charge in [-0.25, -0.2) is 0 Å². The summed E-state index contributed by atoms with van der Waals surface area (Å²) >= 11 is 0. The number of nitrogens with zero attached hydrogens (tertiary/aromatic N) is 1. The highest BCUT2D eigenvalue weighted by molar-refractivity contribution is 5.90. The van der Waals surface area contributed by atoms with E-state index < -0.39 is 0 Å². The molecule has 0 spiro atoms. The Morgan fingerprint density at radius 2 is 2.09 bits per heavy atom. The van der Waals surface area contributed by atoms with Crippen molar-refractivity contribution < 1.29 is 9.47 Å². The molecular formula is C18H22N2O2. The number of pyridine rings is 1. The minimum absolute atomic E-state index is 0.207. The van der Waals surface area contributed by atoms with Crippen LogP contribution in [0.2, 0.25) is 0 Å². The normalized spacial score (nSPS) is 25.3. The second kappa shape index (κ2) is 6.23. The third-order valence-corrected chi connectivity index (χ3v) is 4.53. The van der Waals surface area contributed by atoms with Crippen LogP contribution in [0, 0.1) is 5.92 Å². The predicted molar refractivity (Wildman–Crippen MR) is 87.1 cm³/mol. The molecule has 1 aliphatic carbocycles. The van der Waals surface area contributed by atoms with E-state index in [0.29, 0.717) is 6.61 Å². The van der Waals surface area contributed by atoms with Gasteiger partial charge in [0.2, 0.25) is 0 Å². The zero-order chi connectivity index (χ0) is 14.8. The molecule has 1 aromatic carbocycles. The summed E-state index contributed by atoms with van der Waals surface area (Å²) in [6, 6.07) is 10.5. The maximum absolute atomic E-state index is 6.15. The summed E-state index contributed by atoms with van der Waals surface area (Å²) in [5.74, 6) is 0.797. The van der Waals surface area contributed by atoms with Crippen LogP contribution in [0.3, 0.4) is 0 Å². The lowest BCUT2D eigenvalue weighted by molar-refractivity contribution is -0.0438. The van der Waals surface area contributed by atoms with Gasteiger partial charge in [-0.1, -0.05) is 18.2 Å². The van der Waals surface area contributed by atoms with Gasteiger partial charge in [-0.2, -0.15) is 0 Å². The van der Waals surface area contributed by atoms with Gasteiger partial charge in [-0.3, -0.25) is 4.98 Å². The van der Waals surface area contributed by atoms with E-state index in [0.717, 1.165) is 42.1 Å². The van der Waals surface area contributed by atoms with Crippen molar-refractivity contribution in [2.75, 3.05) is 25.1 Å². The Bertz CT molecular complexity index is 637. The van der Waals surface area contributed by atoms with Crippen LogP contribution < -0.4 is 5.32 Å². The smallest absolute Gasteiger partial charge is 0.0820 e. The van der Waals surface area contributed by atoms with E-state index in [1.165, 1.54) is 12.8 Å². The van der Waals surface area contributed by atoms with Crippen LogP contribution in [0.15, 0.2) is 36.5 Å². The number of rotatable bonds is 5. The second-order valence-corrected chi connectivity index (χ2v) is 6.31. The van der Waals surface area contributed by atoms with Crippen molar-refractivity contribution >= 4 is 16.6 Å². The van der Waals surface area contributed by atoms with E-state index in [4.69, 9.17) is 9.47 Å². The first-order valence-corrected chi connectivity index (χ1v) is 8.20. The number of aromatic nitrogens is 1. The van der Waals surface area contributed by atoms with Crippen molar-refractivity contribution in [1.29, 1.82) is 0 Å². The number of fused-ring (bicyclic) bond motifs is 1. The van der Waals surface area contributed by atoms with Crippen molar-refractivity contribution in [3.05, 3.63) is 36.5 Å². The minimum Gasteiger partial charge on any atom is -0.379 e. The van der Waals surface area contributed by atoms with Crippen LogP contribution in [0.4, 0.5) is 5.69 Å². The lowest BCUT2D eigenvalue weighted by atomic mass is 10.1. The SMILES string of the molecule is c1ccc2c(N[C@@H]3COCC[C@@H]3OCC3CC3)ccnc2c1. The molecule has 1 saturated heterocycles. The van der Waals surface area contributed by atoms with Gasteiger partial charge < -0.3 is 14.8 Å². The summed E-state index contributed by atoms with van der Waals surface area (Å²) in [5.41, 5.74) is 2.13. The topological polar surface area (TPSA) is 43.4 Å². The molecule has 2 fully saturated rings. The van der Waals surface area contributed by atoms with E-state index in [1.54, 1.807) is 0 Å². The van der Waals surface area contributed by atoms with Gasteiger partial charge in [0, 0.05) is 30.5 Å². The largest absolute Gasteiger partial charge is 0.379 e. The highest BCUT2D eigenvalue weighted by Gasteiger charge is 2.29. The molecule has 2 atom stereocenters. The highest BCUT2D eigenvalue weighted by Crippen LogP contribution is 2.30. The number of hydrogen-bond acceptors (Lipinski definition) is 4. The molecular weight excluding hydrogens is 276 g/mol.